The van der Waals surface area contributed by atoms with E-state index in [1.54, 1.807) is 0 Å². The molecule has 0 bridgehead atoms. The van der Waals surface area contributed by atoms with Gasteiger partial charge in [0.1, 0.15) is 0 Å². The molecule has 5 nitrogen and oxygen atoms in total. The number of rotatable bonds is 2. The summed E-state index contributed by atoms with van der Waals surface area (Å²) >= 11 is 0. The third-order valence-electron chi connectivity index (χ3n) is 3.41. The van der Waals surface area contributed by atoms with Crippen LogP contribution < -0.4 is 5.32 Å². The zero-order valence-electron chi connectivity index (χ0n) is 10.8. The van der Waals surface area contributed by atoms with E-state index in [-0.39, 0.29) is 12.0 Å². The lowest BCUT2D eigenvalue weighted by molar-refractivity contribution is -0.139. The Hall–Kier alpha value is -0.650. The Kier molecular flexibility index (Phi) is 4.36. The van der Waals surface area contributed by atoms with Crippen LogP contribution >= 0.6 is 0 Å². The summed E-state index contributed by atoms with van der Waals surface area (Å²) in [5.74, 6) is 0.245. The number of hydrogen-bond donors (Lipinski definition) is 1. The molecule has 1 N–H and O–H groups in total. The summed E-state index contributed by atoms with van der Waals surface area (Å²) in [4.78, 5) is 16.3. The highest BCUT2D eigenvalue weighted by Crippen LogP contribution is 2.06. The van der Waals surface area contributed by atoms with Crippen molar-refractivity contribution in [2.75, 3.05) is 45.9 Å². The highest BCUT2D eigenvalue weighted by Gasteiger charge is 2.24. The van der Waals surface area contributed by atoms with Crippen LogP contribution in [0.25, 0.3) is 0 Å². The summed E-state index contributed by atoms with van der Waals surface area (Å²) in [5, 5.41) is 3.39. The van der Waals surface area contributed by atoms with E-state index in [4.69, 9.17) is 4.74 Å². The van der Waals surface area contributed by atoms with Crippen LogP contribution in [-0.2, 0) is 9.53 Å². The van der Waals surface area contributed by atoms with Crippen LogP contribution in [0.2, 0.25) is 0 Å². The molecular formula is C12H23N3O2. The predicted octanol–water partition coefficient (Wildman–Crippen LogP) is -0.473. The van der Waals surface area contributed by atoms with E-state index < -0.39 is 0 Å². The summed E-state index contributed by atoms with van der Waals surface area (Å²) in [6.45, 7) is 9.80. The standard InChI is InChI=1S/C12H23N3O2/c1-10-7-14(4-3-13-10)9-12(16)15-5-6-17-11(2)8-15/h10-11,13H,3-9H2,1-2H3. The maximum absolute atomic E-state index is 12.1. The van der Waals surface area contributed by atoms with Crippen LogP contribution in [0.15, 0.2) is 0 Å². The Morgan fingerprint density at radius 3 is 2.88 bits per heavy atom. The molecule has 5 heteroatoms. The van der Waals surface area contributed by atoms with Crippen molar-refractivity contribution in [2.24, 2.45) is 0 Å². The molecule has 2 heterocycles. The molecule has 1 amide bonds. The number of amides is 1. The number of piperazine rings is 1. The first-order valence-electron chi connectivity index (χ1n) is 6.50. The molecule has 0 aromatic carbocycles. The Bertz CT molecular complexity index is 272. The second-order valence-corrected chi connectivity index (χ2v) is 5.11. The highest BCUT2D eigenvalue weighted by atomic mass is 16.5. The maximum atomic E-state index is 12.1. The van der Waals surface area contributed by atoms with E-state index in [9.17, 15) is 4.79 Å². The number of carbonyl (C=O) groups is 1. The Labute approximate surface area is 103 Å². The van der Waals surface area contributed by atoms with E-state index in [1.165, 1.54) is 0 Å². The summed E-state index contributed by atoms with van der Waals surface area (Å²) < 4.78 is 5.45. The van der Waals surface area contributed by atoms with Gasteiger partial charge in [-0.05, 0) is 13.8 Å². The minimum atomic E-state index is 0.176. The lowest BCUT2D eigenvalue weighted by Crippen LogP contribution is -2.54. The van der Waals surface area contributed by atoms with Crippen LogP contribution in [0, 0.1) is 0 Å². The monoisotopic (exact) mass is 241 g/mol. The van der Waals surface area contributed by atoms with Crippen LogP contribution in [0.5, 0.6) is 0 Å². The molecule has 2 saturated heterocycles. The summed E-state index contributed by atoms with van der Waals surface area (Å²) in [7, 11) is 0. The van der Waals surface area contributed by atoms with Crippen molar-refractivity contribution in [1.29, 1.82) is 0 Å². The Morgan fingerprint density at radius 2 is 2.18 bits per heavy atom. The Balaban J connectivity index is 1.79. The molecule has 98 valence electrons. The maximum Gasteiger partial charge on any atom is 0.236 e. The summed E-state index contributed by atoms with van der Waals surface area (Å²) in [5.41, 5.74) is 0. The zero-order valence-corrected chi connectivity index (χ0v) is 10.8. The highest BCUT2D eigenvalue weighted by molar-refractivity contribution is 5.78. The second kappa shape index (κ2) is 5.80. The van der Waals surface area contributed by atoms with Crippen molar-refractivity contribution in [3.8, 4) is 0 Å². The van der Waals surface area contributed by atoms with Crippen molar-refractivity contribution >= 4 is 5.91 Å². The number of ether oxygens (including phenoxy) is 1. The molecule has 0 saturated carbocycles. The first-order chi connectivity index (χ1) is 8.15. The van der Waals surface area contributed by atoms with Crippen LogP contribution in [-0.4, -0.2) is 73.7 Å². The molecule has 0 spiro atoms. The number of hydrogen-bond acceptors (Lipinski definition) is 4. The average Bonchev–Trinajstić information content (AvgIpc) is 2.29. The van der Waals surface area contributed by atoms with E-state index in [2.05, 4.69) is 17.1 Å². The molecule has 2 rings (SSSR count). The number of morpholine rings is 1. The first-order valence-corrected chi connectivity index (χ1v) is 6.50. The van der Waals surface area contributed by atoms with Gasteiger partial charge in [0.15, 0.2) is 0 Å². The summed E-state index contributed by atoms with van der Waals surface area (Å²) in [6, 6.07) is 0.486. The molecule has 2 aliphatic heterocycles. The molecule has 0 aromatic rings. The van der Waals surface area contributed by atoms with Crippen molar-refractivity contribution in [1.82, 2.24) is 15.1 Å². The van der Waals surface area contributed by atoms with E-state index >= 15 is 0 Å². The van der Waals surface area contributed by atoms with Crippen molar-refractivity contribution in [2.45, 2.75) is 26.0 Å². The fourth-order valence-corrected chi connectivity index (χ4v) is 2.49. The third kappa shape index (κ3) is 3.66. The first kappa shape index (κ1) is 12.8. The van der Waals surface area contributed by atoms with Crippen molar-refractivity contribution < 1.29 is 9.53 Å². The van der Waals surface area contributed by atoms with Gasteiger partial charge in [0, 0.05) is 38.8 Å². The summed E-state index contributed by atoms with van der Waals surface area (Å²) in [6.07, 6.45) is 0.176. The van der Waals surface area contributed by atoms with Gasteiger partial charge >= 0.3 is 0 Å². The van der Waals surface area contributed by atoms with Gasteiger partial charge in [-0.3, -0.25) is 9.69 Å². The quantitative estimate of drug-likeness (QED) is 0.710. The second-order valence-electron chi connectivity index (χ2n) is 5.11. The van der Waals surface area contributed by atoms with Gasteiger partial charge in [-0.1, -0.05) is 0 Å². The van der Waals surface area contributed by atoms with Crippen LogP contribution in [0.3, 0.4) is 0 Å². The molecule has 2 fully saturated rings. The van der Waals surface area contributed by atoms with Gasteiger partial charge in [-0.15, -0.1) is 0 Å². The molecular weight excluding hydrogens is 218 g/mol. The zero-order chi connectivity index (χ0) is 12.3. The van der Waals surface area contributed by atoms with Gasteiger partial charge in [0.05, 0.1) is 19.3 Å². The molecule has 2 aliphatic rings. The molecule has 2 unspecified atom stereocenters. The van der Waals surface area contributed by atoms with Crippen molar-refractivity contribution in [3.05, 3.63) is 0 Å². The molecule has 0 radical (unpaired) electrons. The SMILES string of the molecule is CC1CN(CC(=O)N2CCOC(C)C2)CCN1. The lowest BCUT2D eigenvalue weighted by atomic mass is 10.2. The molecule has 0 aliphatic carbocycles. The smallest absolute Gasteiger partial charge is 0.236 e. The van der Waals surface area contributed by atoms with Crippen LogP contribution in [0.1, 0.15) is 13.8 Å². The van der Waals surface area contributed by atoms with Gasteiger partial charge in [-0.25, -0.2) is 0 Å². The fourth-order valence-electron chi connectivity index (χ4n) is 2.49. The molecule has 17 heavy (non-hydrogen) atoms. The Morgan fingerprint density at radius 1 is 1.35 bits per heavy atom. The topological polar surface area (TPSA) is 44.8 Å². The van der Waals surface area contributed by atoms with Gasteiger partial charge in [0.2, 0.25) is 5.91 Å². The normalized spacial score (nSPS) is 31.5. The predicted molar refractivity (Wildman–Crippen MR) is 65.9 cm³/mol. The molecule has 0 aromatic heterocycles. The number of carbonyl (C=O) groups excluding carboxylic acids is 1. The van der Waals surface area contributed by atoms with Gasteiger partial charge in [0.25, 0.3) is 0 Å². The van der Waals surface area contributed by atoms with Crippen molar-refractivity contribution in [3.63, 3.8) is 0 Å². The van der Waals surface area contributed by atoms with Crippen LogP contribution in [0.4, 0.5) is 0 Å². The van der Waals surface area contributed by atoms with E-state index in [1.807, 2.05) is 11.8 Å². The number of nitrogens with zero attached hydrogens (tertiary/aromatic N) is 2. The average molecular weight is 241 g/mol. The third-order valence-corrected chi connectivity index (χ3v) is 3.41. The minimum absolute atomic E-state index is 0.176. The van der Waals surface area contributed by atoms with E-state index in [0.717, 1.165) is 32.7 Å². The van der Waals surface area contributed by atoms with Gasteiger partial charge in [-0.2, -0.15) is 0 Å². The fraction of sp³-hybridized carbons (Fsp3) is 0.917. The van der Waals surface area contributed by atoms with E-state index in [0.29, 0.717) is 19.2 Å². The lowest BCUT2D eigenvalue weighted by Gasteiger charge is -2.35. The number of nitrogens with one attached hydrogen (secondary N) is 1. The largest absolute Gasteiger partial charge is 0.375 e. The minimum Gasteiger partial charge on any atom is -0.375 e. The molecule has 2 atom stereocenters. The van der Waals surface area contributed by atoms with Gasteiger partial charge < -0.3 is 15.0 Å².